The number of carbonyl (C=O) groups is 1. The Balaban J connectivity index is 2.72. The first-order valence-electron chi connectivity index (χ1n) is 7.19. The molecule has 0 heterocycles. The number of hydrogen-bond donors (Lipinski definition) is 2. The molecule has 3 N–H and O–H groups in total. The molecule has 0 fully saturated rings. The normalized spacial score (nSPS) is 12.9. The van der Waals surface area contributed by atoms with Gasteiger partial charge in [0.15, 0.2) is 6.61 Å². The first kappa shape index (κ1) is 18.0. The first-order chi connectivity index (χ1) is 9.71. The zero-order valence-corrected chi connectivity index (χ0v) is 14.8. The predicted molar refractivity (Wildman–Crippen MR) is 89.5 cm³/mol. The van der Waals surface area contributed by atoms with E-state index in [-0.39, 0.29) is 24.1 Å². The van der Waals surface area contributed by atoms with E-state index in [1.54, 1.807) is 0 Å². The Labute approximate surface area is 135 Å². The molecule has 118 valence electrons. The van der Waals surface area contributed by atoms with E-state index in [9.17, 15) is 4.79 Å². The zero-order valence-electron chi connectivity index (χ0n) is 13.2. The van der Waals surface area contributed by atoms with Crippen LogP contribution in [0.15, 0.2) is 22.7 Å². The molecule has 4 nitrogen and oxygen atoms in total. The van der Waals surface area contributed by atoms with Gasteiger partial charge in [0.25, 0.3) is 5.91 Å². The summed E-state index contributed by atoms with van der Waals surface area (Å²) in [6.07, 6.45) is 1.63. The van der Waals surface area contributed by atoms with E-state index in [0.29, 0.717) is 5.75 Å². The summed E-state index contributed by atoms with van der Waals surface area (Å²) >= 11 is 3.45. The maximum atomic E-state index is 11.8. The van der Waals surface area contributed by atoms with Gasteiger partial charge in [-0.15, -0.1) is 0 Å². The minimum absolute atomic E-state index is 0.00721. The highest BCUT2D eigenvalue weighted by atomic mass is 79.9. The third kappa shape index (κ3) is 6.96. The molecule has 0 saturated heterocycles. The van der Waals surface area contributed by atoms with Crippen molar-refractivity contribution in [3.8, 4) is 5.75 Å². The van der Waals surface area contributed by atoms with Crippen LogP contribution in [0.1, 0.15) is 39.7 Å². The van der Waals surface area contributed by atoms with Gasteiger partial charge in [-0.2, -0.15) is 0 Å². The quantitative estimate of drug-likeness (QED) is 0.823. The Hall–Kier alpha value is -1.07. The SMILES string of the molecule is CCC(N)Cc1cc(Br)ccc1OCC(=O)NC(C)(C)C. The molecule has 1 aromatic rings. The number of halogens is 1. The van der Waals surface area contributed by atoms with Crippen molar-refractivity contribution >= 4 is 21.8 Å². The summed E-state index contributed by atoms with van der Waals surface area (Å²) in [7, 11) is 0. The fraction of sp³-hybridized carbons (Fsp3) is 0.562. The summed E-state index contributed by atoms with van der Waals surface area (Å²) in [6, 6.07) is 5.85. The number of rotatable bonds is 6. The smallest absolute Gasteiger partial charge is 0.258 e. The number of ether oxygens (including phenoxy) is 1. The van der Waals surface area contributed by atoms with Crippen molar-refractivity contribution in [2.45, 2.75) is 52.1 Å². The topological polar surface area (TPSA) is 64.3 Å². The van der Waals surface area contributed by atoms with E-state index in [1.165, 1.54) is 0 Å². The molecule has 0 radical (unpaired) electrons. The molecule has 1 atom stereocenters. The number of nitrogens with one attached hydrogen (secondary N) is 1. The van der Waals surface area contributed by atoms with Crippen LogP contribution in [0.5, 0.6) is 5.75 Å². The van der Waals surface area contributed by atoms with Crippen molar-refractivity contribution in [3.63, 3.8) is 0 Å². The van der Waals surface area contributed by atoms with Gasteiger partial charge in [-0.1, -0.05) is 22.9 Å². The Morgan fingerprint density at radius 2 is 2.10 bits per heavy atom. The summed E-state index contributed by atoms with van der Waals surface area (Å²) < 4.78 is 6.64. The summed E-state index contributed by atoms with van der Waals surface area (Å²) in [5.41, 5.74) is 6.77. The molecule has 5 heteroatoms. The van der Waals surface area contributed by atoms with Crippen LogP contribution >= 0.6 is 15.9 Å². The van der Waals surface area contributed by atoms with Crippen molar-refractivity contribution in [2.24, 2.45) is 5.73 Å². The third-order valence-corrected chi connectivity index (χ3v) is 3.40. The third-order valence-electron chi connectivity index (χ3n) is 2.90. The van der Waals surface area contributed by atoms with Gasteiger partial charge in [0.05, 0.1) is 0 Å². The summed E-state index contributed by atoms with van der Waals surface area (Å²) in [5.74, 6) is 0.585. The average molecular weight is 357 g/mol. The van der Waals surface area contributed by atoms with Crippen LogP contribution in [0.25, 0.3) is 0 Å². The van der Waals surface area contributed by atoms with Crippen LogP contribution in [0.4, 0.5) is 0 Å². The fourth-order valence-electron chi connectivity index (χ4n) is 1.87. The Kier molecular flexibility index (Phi) is 6.68. The van der Waals surface area contributed by atoms with Crippen molar-refractivity contribution in [3.05, 3.63) is 28.2 Å². The first-order valence-corrected chi connectivity index (χ1v) is 7.98. The van der Waals surface area contributed by atoms with Gasteiger partial charge in [-0.3, -0.25) is 4.79 Å². The van der Waals surface area contributed by atoms with Crippen LogP contribution in [0.2, 0.25) is 0 Å². The van der Waals surface area contributed by atoms with Crippen LogP contribution in [0, 0.1) is 0 Å². The van der Waals surface area contributed by atoms with Gasteiger partial charge in [0.1, 0.15) is 5.75 Å². The van der Waals surface area contributed by atoms with Gasteiger partial charge < -0.3 is 15.8 Å². The highest BCUT2D eigenvalue weighted by Gasteiger charge is 2.15. The van der Waals surface area contributed by atoms with Crippen molar-refractivity contribution in [1.29, 1.82) is 0 Å². The summed E-state index contributed by atoms with van der Waals surface area (Å²) in [5, 5.41) is 2.87. The highest BCUT2D eigenvalue weighted by Crippen LogP contribution is 2.24. The molecule has 0 spiro atoms. The minimum Gasteiger partial charge on any atom is -0.483 e. The molecule has 0 aliphatic heterocycles. The van der Waals surface area contributed by atoms with Gasteiger partial charge in [0, 0.05) is 16.1 Å². The number of amides is 1. The second-order valence-corrected chi connectivity index (χ2v) is 7.13. The molecular weight excluding hydrogens is 332 g/mol. The maximum absolute atomic E-state index is 11.8. The molecule has 1 rings (SSSR count). The Morgan fingerprint density at radius 1 is 1.43 bits per heavy atom. The molecule has 1 unspecified atom stereocenters. The van der Waals surface area contributed by atoms with Crippen LogP contribution < -0.4 is 15.8 Å². The minimum atomic E-state index is -0.256. The predicted octanol–water partition coefficient (Wildman–Crippen LogP) is 3.02. The van der Waals surface area contributed by atoms with E-state index in [0.717, 1.165) is 22.9 Å². The largest absolute Gasteiger partial charge is 0.483 e. The zero-order chi connectivity index (χ0) is 16.0. The molecule has 0 bridgehead atoms. The monoisotopic (exact) mass is 356 g/mol. The van der Waals surface area contributed by atoms with Gasteiger partial charge in [-0.25, -0.2) is 0 Å². The molecule has 0 saturated carbocycles. The summed E-state index contributed by atoms with van der Waals surface area (Å²) in [4.78, 5) is 11.8. The maximum Gasteiger partial charge on any atom is 0.258 e. The van der Waals surface area contributed by atoms with Crippen molar-refractivity contribution in [2.75, 3.05) is 6.61 Å². The average Bonchev–Trinajstić information content (AvgIpc) is 2.35. The Morgan fingerprint density at radius 3 is 2.67 bits per heavy atom. The Bertz CT molecular complexity index is 484. The van der Waals surface area contributed by atoms with Gasteiger partial charge in [0.2, 0.25) is 0 Å². The molecule has 0 aliphatic carbocycles. The molecule has 21 heavy (non-hydrogen) atoms. The fourth-order valence-corrected chi connectivity index (χ4v) is 2.28. The lowest BCUT2D eigenvalue weighted by molar-refractivity contribution is -0.124. The van der Waals surface area contributed by atoms with Crippen molar-refractivity contribution < 1.29 is 9.53 Å². The molecule has 0 aliphatic rings. The van der Waals surface area contributed by atoms with E-state index in [2.05, 4.69) is 28.2 Å². The molecule has 1 amide bonds. The molecular formula is C16H25BrN2O2. The number of benzene rings is 1. The lowest BCUT2D eigenvalue weighted by atomic mass is 10.0. The number of hydrogen-bond acceptors (Lipinski definition) is 3. The lowest BCUT2D eigenvalue weighted by Crippen LogP contribution is -2.43. The van der Waals surface area contributed by atoms with Gasteiger partial charge >= 0.3 is 0 Å². The molecule has 1 aromatic carbocycles. The van der Waals surface area contributed by atoms with Crippen LogP contribution in [-0.4, -0.2) is 24.1 Å². The van der Waals surface area contributed by atoms with Crippen LogP contribution in [-0.2, 0) is 11.2 Å². The standard InChI is InChI=1S/C16H25BrN2O2/c1-5-13(18)9-11-8-12(17)6-7-14(11)21-10-15(20)19-16(2,3)4/h6-8,13H,5,9-10,18H2,1-4H3,(H,19,20). The van der Waals surface area contributed by atoms with Crippen LogP contribution in [0.3, 0.4) is 0 Å². The number of carbonyl (C=O) groups excluding carboxylic acids is 1. The number of nitrogens with two attached hydrogens (primary N) is 1. The van der Waals surface area contributed by atoms with Crippen molar-refractivity contribution in [1.82, 2.24) is 5.32 Å². The van der Waals surface area contributed by atoms with Gasteiger partial charge in [-0.05, 0) is 57.4 Å². The molecule has 0 aromatic heterocycles. The van der Waals surface area contributed by atoms with E-state index < -0.39 is 0 Å². The second kappa shape index (κ2) is 7.80. The lowest BCUT2D eigenvalue weighted by Gasteiger charge is -2.21. The van der Waals surface area contributed by atoms with E-state index in [1.807, 2.05) is 39.0 Å². The second-order valence-electron chi connectivity index (χ2n) is 6.21. The highest BCUT2D eigenvalue weighted by molar-refractivity contribution is 9.10. The van der Waals surface area contributed by atoms with E-state index >= 15 is 0 Å². The van der Waals surface area contributed by atoms with E-state index in [4.69, 9.17) is 10.5 Å². The summed E-state index contributed by atoms with van der Waals surface area (Å²) in [6.45, 7) is 7.88.